The van der Waals surface area contributed by atoms with Crippen LogP contribution in [0.4, 0.5) is 0 Å². The molecule has 2 nitrogen and oxygen atoms in total. The molecule has 1 fully saturated rings. The van der Waals surface area contributed by atoms with E-state index in [4.69, 9.17) is 0 Å². The summed E-state index contributed by atoms with van der Waals surface area (Å²) in [6.45, 7) is 2.10. The van der Waals surface area contributed by atoms with Crippen LogP contribution in [0.1, 0.15) is 42.7 Å². The molecule has 1 saturated carbocycles. The number of carbonyl (C=O) groups is 1. The smallest absolute Gasteiger partial charge is 0.133 e. The Morgan fingerprint density at radius 2 is 2.24 bits per heavy atom. The van der Waals surface area contributed by atoms with Gasteiger partial charge in [-0.2, -0.15) is 0 Å². The molecule has 0 radical (unpaired) electrons. The first-order valence-electron chi connectivity index (χ1n) is 6.33. The van der Waals surface area contributed by atoms with E-state index in [2.05, 4.69) is 36.3 Å². The maximum atomic E-state index is 11.5. The van der Waals surface area contributed by atoms with Crippen LogP contribution >= 0.6 is 0 Å². The number of aryl methyl sites for hydroxylation is 1. The van der Waals surface area contributed by atoms with Crippen LogP contribution in [0.2, 0.25) is 0 Å². The van der Waals surface area contributed by atoms with Gasteiger partial charge in [0, 0.05) is 29.9 Å². The molecular formula is C15H17NO. The number of Topliss-reactive ketones (excluding diaryl/α,β-unsaturated/α-hetero) is 1. The zero-order valence-corrected chi connectivity index (χ0v) is 10.1. The molecule has 1 heterocycles. The molecule has 0 amide bonds. The van der Waals surface area contributed by atoms with Crippen molar-refractivity contribution in [2.24, 2.45) is 0 Å². The molecule has 1 N–H and O–H groups in total. The van der Waals surface area contributed by atoms with Crippen LogP contribution in [0, 0.1) is 6.92 Å². The number of aromatic nitrogens is 1. The fourth-order valence-electron chi connectivity index (χ4n) is 2.89. The summed E-state index contributed by atoms with van der Waals surface area (Å²) in [5.41, 5.74) is 3.79. The number of ketones is 1. The first-order valence-corrected chi connectivity index (χ1v) is 6.33. The molecule has 0 spiro atoms. The third kappa shape index (κ3) is 1.88. The van der Waals surface area contributed by atoms with Crippen molar-refractivity contribution in [1.82, 2.24) is 4.98 Å². The third-order valence-electron chi connectivity index (χ3n) is 3.79. The van der Waals surface area contributed by atoms with E-state index in [9.17, 15) is 4.79 Å². The summed E-state index contributed by atoms with van der Waals surface area (Å²) in [7, 11) is 0. The van der Waals surface area contributed by atoms with E-state index >= 15 is 0 Å². The Morgan fingerprint density at radius 3 is 3.06 bits per heavy atom. The Labute approximate surface area is 101 Å². The lowest BCUT2D eigenvalue weighted by Crippen LogP contribution is -2.12. The molecule has 17 heavy (non-hydrogen) atoms. The zero-order chi connectivity index (χ0) is 11.8. The van der Waals surface area contributed by atoms with Crippen molar-refractivity contribution in [3.05, 3.63) is 35.5 Å². The zero-order valence-electron chi connectivity index (χ0n) is 10.1. The quantitative estimate of drug-likeness (QED) is 0.791. The number of fused-ring (bicyclic) bond motifs is 1. The molecule has 2 aromatic rings. The van der Waals surface area contributed by atoms with E-state index in [-0.39, 0.29) is 0 Å². The van der Waals surface area contributed by atoms with Crippen LogP contribution in [0.3, 0.4) is 0 Å². The summed E-state index contributed by atoms with van der Waals surface area (Å²) in [6, 6.07) is 6.49. The van der Waals surface area contributed by atoms with Gasteiger partial charge in [-0.1, -0.05) is 12.1 Å². The number of H-pyrrole nitrogens is 1. The summed E-state index contributed by atoms with van der Waals surface area (Å²) in [6.07, 6.45) is 5.78. The standard InChI is InChI=1S/C15H17NO/c1-10-5-6-13-14(9-16-15(13)7-10)11-3-2-4-12(17)8-11/h5-7,9,11,16H,2-4,8H2,1H3. The second-order valence-electron chi connectivity index (χ2n) is 5.13. The molecule has 0 bridgehead atoms. The number of benzene rings is 1. The Hall–Kier alpha value is -1.57. The van der Waals surface area contributed by atoms with Crippen molar-refractivity contribution >= 4 is 16.7 Å². The lowest BCUT2D eigenvalue weighted by atomic mass is 9.83. The Balaban J connectivity index is 2.02. The van der Waals surface area contributed by atoms with E-state index in [0.717, 1.165) is 25.7 Å². The summed E-state index contributed by atoms with van der Waals surface area (Å²) < 4.78 is 0. The second kappa shape index (κ2) is 4.02. The predicted octanol–water partition coefficient (Wildman–Crippen LogP) is 3.70. The average molecular weight is 227 g/mol. The molecular weight excluding hydrogens is 210 g/mol. The third-order valence-corrected chi connectivity index (χ3v) is 3.79. The number of rotatable bonds is 1. The number of hydrogen-bond acceptors (Lipinski definition) is 1. The number of aromatic amines is 1. The largest absolute Gasteiger partial charge is 0.361 e. The van der Waals surface area contributed by atoms with E-state index in [1.54, 1.807) is 0 Å². The van der Waals surface area contributed by atoms with E-state index in [0.29, 0.717) is 11.7 Å². The van der Waals surface area contributed by atoms with Crippen LogP contribution in [0.25, 0.3) is 10.9 Å². The summed E-state index contributed by atoms with van der Waals surface area (Å²) in [5.74, 6) is 0.843. The lowest BCUT2D eigenvalue weighted by Gasteiger charge is -2.20. The molecule has 2 heteroatoms. The minimum absolute atomic E-state index is 0.419. The van der Waals surface area contributed by atoms with Gasteiger partial charge in [-0.3, -0.25) is 4.79 Å². The summed E-state index contributed by atoms with van der Waals surface area (Å²) >= 11 is 0. The van der Waals surface area contributed by atoms with Crippen LogP contribution < -0.4 is 0 Å². The normalized spacial score (nSPS) is 21.0. The van der Waals surface area contributed by atoms with Crippen molar-refractivity contribution < 1.29 is 4.79 Å². The second-order valence-corrected chi connectivity index (χ2v) is 5.13. The molecule has 3 rings (SSSR count). The van der Waals surface area contributed by atoms with Crippen molar-refractivity contribution in [1.29, 1.82) is 0 Å². The number of hydrogen-bond donors (Lipinski definition) is 1. The highest BCUT2D eigenvalue weighted by molar-refractivity contribution is 5.86. The number of nitrogens with one attached hydrogen (secondary N) is 1. The highest BCUT2D eigenvalue weighted by Gasteiger charge is 2.23. The van der Waals surface area contributed by atoms with Gasteiger partial charge in [0.15, 0.2) is 0 Å². The van der Waals surface area contributed by atoms with Gasteiger partial charge in [0.05, 0.1) is 0 Å². The Morgan fingerprint density at radius 1 is 1.35 bits per heavy atom. The molecule has 0 saturated heterocycles. The maximum Gasteiger partial charge on any atom is 0.133 e. The first-order chi connectivity index (χ1) is 8.24. The molecule has 1 unspecified atom stereocenters. The molecule has 1 aliphatic carbocycles. The minimum atomic E-state index is 0.419. The van der Waals surface area contributed by atoms with E-state index in [1.807, 2.05) is 0 Å². The highest BCUT2D eigenvalue weighted by Crippen LogP contribution is 2.35. The van der Waals surface area contributed by atoms with Crippen molar-refractivity contribution in [2.45, 2.75) is 38.5 Å². The van der Waals surface area contributed by atoms with Crippen LogP contribution in [0.15, 0.2) is 24.4 Å². The van der Waals surface area contributed by atoms with Gasteiger partial charge in [0.2, 0.25) is 0 Å². The van der Waals surface area contributed by atoms with Gasteiger partial charge in [-0.15, -0.1) is 0 Å². The SMILES string of the molecule is Cc1ccc2c(C3CCCC(=O)C3)c[nH]c2c1. The Bertz CT molecular complexity index is 567. The van der Waals surface area contributed by atoms with Gasteiger partial charge in [-0.05, 0) is 42.9 Å². The monoisotopic (exact) mass is 227 g/mol. The van der Waals surface area contributed by atoms with Crippen molar-refractivity contribution in [3.63, 3.8) is 0 Å². The highest BCUT2D eigenvalue weighted by atomic mass is 16.1. The molecule has 0 aliphatic heterocycles. The fraction of sp³-hybridized carbons (Fsp3) is 0.400. The molecule has 1 aliphatic rings. The van der Waals surface area contributed by atoms with Crippen LogP contribution in [-0.4, -0.2) is 10.8 Å². The average Bonchev–Trinajstić information content (AvgIpc) is 2.71. The topological polar surface area (TPSA) is 32.9 Å². The van der Waals surface area contributed by atoms with E-state index in [1.165, 1.54) is 22.0 Å². The van der Waals surface area contributed by atoms with E-state index < -0.39 is 0 Å². The maximum absolute atomic E-state index is 11.5. The van der Waals surface area contributed by atoms with Gasteiger partial charge < -0.3 is 4.98 Å². The minimum Gasteiger partial charge on any atom is -0.361 e. The van der Waals surface area contributed by atoms with Crippen LogP contribution in [0.5, 0.6) is 0 Å². The predicted molar refractivity (Wildman–Crippen MR) is 69.3 cm³/mol. The summed E-state index contributed by atoms with van der Waals surface area (Å²) in [4.78, 5) is 14.9. The Kier molecular flexibility index (Phi) is 2.50. The van der Waals surface area contributed by atoms with Crippen molar-refractivity contribution in [2.75, 3.05) is 0 Å². The summed E-state index contributed by atoms with van der Waals surface area (Å²) in [5, 5.41) is 1.29. The van der Waals surface area contributed by atoms with Crippen LogP contribution in [-0.2, 0) is 4.79 Å². The van der Waals surface area contributed by atoms with Gasteiger partial charge >= 0.3 is 0 Å². The van der Waals surface area contributed by atoms with Gasteiger partial charge in [0.1, 0.15) is 5.78 Å². The number of carbonyl (C=O) groups excluding carboxylic acids is 1. The molecule has 1 aromatic carbocycles. The lowest BCUT2D eigenvalue weighted by molar-refractivity contribution is -0.120. The van der Waals surface area contributed by atoms with Crippen molar-refractivity contribution in [3.8, 4) is 0 Å². The van der Waals surface area contributed by atoms with Gasteiger partial charge in [0.25, 0.3) is 0 Å². The molecule has 1 aromatic heterocycles. The van der Waals surface area contributed by atoms with Gasteiger partial charge in [-0.25, -0.2) is 0 Å². The molecule has 1 atom stereocenters. The molecule has 88 valence electrons. The fourth-order valence-corrected chi connectivity index (χ4v) is 2.89. The first kappa shape index (κ1) is 10.6.